The minimum atomic E-state index is -3.62. The quantitative estimate of drug-likeness (QED) is 0.672. The fourth-order valence-electron chi connectivity index (χ4n) is 4.55. The SMILES string of the molecule is COc1cc(NC(=O)C2Cc3cc(S(=O)(=O)N4CCCCC4)ccc3N2C(C)=O)cc(OC)c1. The Kier molecular flexibility index (Phi) is 6.81. The van der Waals surface area contributed by atoms with E-state index >= 15 is 0 Å². The highest BCUT2D eigenvalue weighted by Gasteiger charge is 2.38. The van der Waals surface area contributed by atoms with E-state index in [1.807, 2.05) is 0 Å². The highest BCUT2D eigenvalue weighted by molar-refractivity contribution is 7.89. The van der Waals surface area contributed by atoms with E-state index < -0.39 is 16.1 Å². The Morgan fingerprint density at radius 3 is 2.21 bits per heavy atom. The third-order valence-electron chi connectivity index (χ3n) is 6.25. The third-order valence-corrected chi connectivity index (χ3v) is 8.14. The fraction of sp³-hybridized carbons (Fsp3) is 0.417. The first kappa shape index (κ1) is 24.0. The van der Waals surface area contributed by atoms with Crippen LogP contribution in [0, 0.1) is 0 Å². The van der Waals surface area contributed by atoms with Crippen molar-refractivity contribution in [2.75, 3.05) is 37.5 Å². The van der Waals surface area contributed by atoms with Gasteiger partial charge in [-0.2, -0.15) is 4.31 Å². The molecule has 0 aromatic heterocycles. The van der Waals surface area contributed by atoms with Gasteiger partial charge in [-0.05, 0) is 36.6 Å². The molecule has 1 saturated heterocycles. The number of benzene rings is 2. The molecule has 0 radical (unpaired) electrons. The van der Waals surface area contributed by atoms with Crippen LogP contribution in [0.3, 0.4) is 0 Å². The van der Waals surface area contributed by atoms with E-state index in [0.29, 0.717) is 41.5 Å². The highest BCUT2D eigenvalue weighted by Crippen LogP contribution is 2.36. The van der Waals surface area contributed by atoms with E-state index in [2.05, 4.69) is 5.32 Å². The molecule has 34 heavy (non-hydrogen) atoms. The lowest BCUT2D eigenvalue weighted by Crippen LogP contribution is -2.44. The van der Waals surface area contributed by atoms with Crippen LogP contribution in [0.1, 0.15) is 31.7 Å². The standard InChI is InChI=1S/C24H29N3O6S/c1-16(28)27-22-8-7-21(34(30,31)26-9-5-4-6-10-26)11-17(22)12-23(27)24(29)25-18-13-19(32-2)15-20(14-18)33-3/h7-8,11,13-15,23H,4-6,9-10,12H2,1-3H3,(H,25,29). The van der Waals surface area contributed by atoms with Crippen molar-refractivity contribution in [1.29, 1.82) is 0 Å². The predicted octanol–water partition coefficient (Wildman–Crippen LogP) is 2.79. The number of piperidine rings is 1. The normalized spacial score (nSPS) is 18.3. The summed E-state index contributed by atoms with van der Waals surface area (Å²) in [6, 6.07) is 8.93. The monoisotopic (exact) mass is 487 g/mol. The van der Waals surface area contributed by atoms with E-state index in [1.165, 1.54) is 36.4 Å². The van der Waals surface area contributed by atoms with Gasteiger partial charge in [0.1, 0.15) is 17.5 Å². The van der Waals surface area contributed by atoms with Gasteiger partial charge < -0.3 is 14.8 Å². The summed E-state index contributed by atoms with van der Waals surface area (Å²) in [4.78, 5) is 27.3. The molecule has 0 bridgehead atoms. The van der Waals surface area contributed by atoms with Gasteiger partial charge >= 0.3 is 0 Å². The number of rotatable bonds is 6. The molecule has 2 aromatic carbocycles. The first-order chi connectivity index (χ1) is 16.2. The summed E-state index contributed by atoms with van der Waals surface area (Å²) in [6.45, 7) is 2.41. The Labute approximate surface area is 199 Å². The first-order valence-electron chi connectivity index (χ1n) is 11.2. The van der Waals surface area contributed by atoms with Crippen LogP contribution in [-0.2, 0) is 26.0 Å². The molecule has 1 fully saturated rings. The Morgan fingerprint density at radius 2 is 1.62 bits per heavy atom. The molecule has 1 unspecified atom stereocenters. The average Bonchev–Trinajstić information content (AvgIpc) is 3.23. The van der Waals surface area contributed by atoms with Gasteiger partial charge in [-0.3, -0.25) is 14.5 Å². The average molecular weight is 488 g/mol. The lowest BCUT2D eigenvalue weighted by molar-refractivity contribution is -0.122. The molecular formula is C24H29N3O6S. The van der Waals surface area contributed by atoms with Crippen LogP contribution in [0.2, 0.25) is 0 Å². The molecule has 1 atom stereocenters. The van der Waals surface area contributed by atoms with Crippen molar-refractivity contribution in [1.82, 2.24) is 4.31 Å². The van der Waals surface area contributed by atoms with Crippen LogP contribution in [0.15, 0.2) is 41.3 Å². The molecule has 1 N–H and O–H groups in total. The molecule has 2 aliphatic rings. The number of nitrogens with one attached hydrogen (secondary N) is 1. The molecule has 0 spiro atoms. The summed E-state index contributed by atoms with van der Waals surface area (Å²) in [5.74, 6) is 0.344. The van der Waals surface area contributed by atoms with Gasteiger partial charge in [0.15, 0.2) is 0 Å². The number of hydrogen-bond donors (Lipinski definition) is 1. The number of carbonyl (C=O) groups excluding carboxylic acids is 2. The van der Waals surface area contributed by atoms with Crippen molar-refractivity contribution in [2.45, 2.75) is 43.5 Å². The molecule has 2 amide bonds. The predicted molar refractivity (Wildman–Crippen MR) is 128 cm³/mol. The number of nitrogens with zero attached hydrogens (tertiary/aromatic N) is 2. The van der Waals surface area contributed by atoms with Crippen molar-refractivity contribution >= 4 is 33.2 Å². The Morgan fingerprint density at radius 1 is 0.971 bits per heavy atom. The molecule has 2 heterocycles. The van der Waals surface area contributed by atoms with E-state index in [9.17, 15) is 18.0 Å². The van der Waals surface area contributed by atoms with E-state index in [-0.39, 0.29) is 23.1 Å². The zero-order valence-electron chi connectivity index (χ0n) is 19.5. The van der Waals surface area contributed by atoms with E-state index in [0.717, 1.165) is 19.3 Å². The van der Waals surface area contributed by atoms with Gasteiger partial charge in [-0.25, -0.2) is 8.42 Å². The van der Waals surface area contributed by atoms with Crippen LogP contribution in [0.4, 0.5) is 11.4 Å². The third kappa shape index (κ3) is 4.60. The number of sulfonamides is 1. The van der Waals surface area contributed by atoms with E-state index in [1.54, 1.807) is 30.3 Å². The van der Waals surface area contributed by atoms with Crippen LogP contribution in [0.5, 0.6) is 11.5 Å². The van der Waals surface area contributed by atoms with Gasteiger partial charge in [0.25, 0.3) is 0 Å². The van der Waals surface area contributed by atoms with Crippen LogP contribution >= 0.6 is 0 Å². The summed E-state index contributed by atoms with van der Waals surface area (Å²) in [5.41, 5.74) is 1.67. The first-order valence-corrected chi connectivity index (χ1v) is 12.7. The number of methoxy groups -OCH3 is 2. The minimum absolute atomic E-state index is 0.190. The van der Waals surface area contributed by atoms with Crippen molar-refractivity contribution in [3.63, 3.8) is 0 Å². The summed E-state index contributed by atoms with van der Waals surface area (Å²) < 4.78 is 38.3. The molecule has 0 saturated carbocycles. The lowest BCUT2D eigenvalue weighted by atomic mass is 10.1. The zero-order valence-corrected chi connectivity index (χ0v) is 20.4. The molecule has 10 heteroatoms. The minimum Gasteiger partial charge on any atom is -0.497 e. The second kappa shape index (κ2) is 9.63. The molecule has 4 rings (SSSR count). The van der Waals surface area contributed by atoms with Crippen molar-refractivity contribution in [2.24, 2.45) is 0 Å². The van der Waals surface area contributed by atoms with Crippen molar-refractivity contribution < 1.29 is 27.5 Å². The molecular weight excluding hydrogens is 458 g/mol. The molecule has 0 aliphatic carbocycles. The van der Waals surface area contributed by atoms with Crippen LogP contribution in [-0.4, -0.2) is 57.9 Å². The highest BCUT2D eigenvalue weighted by atomic mass is 32.2. The topological polar surface area (TPSA) is 105 Å². The molecule has 2 aliphatic heterocycles. The maximum absolute atomic E-state index is 13.2. The summed E-state index contributed by atoms with van der Waals surface area (Å²) in [5, 5.41) is 2.83. The summed E-state index contributed by atoms with van der Waals surface area (Å²) >= 11 is 0. The summed E-state index contributed by atoms with van der Waals surface area (Å²) in [7, 11) is -0.592. The van der Waals surface area contributed by atoms with Gasteiger partial charge in [-0.15, -0.1) is 0 Å². The maximum Gasteiger partial charge on any atom is 0.247 e. The number of anilines is 2. The Balaban J connectivity index is 1.60. The second-order valence-electron chi connectivity index (χ2n) is 8.45. The Hall–Kier alpha value is -3.11. The fourth-order valence-corrected chi connectivity index (χ4v) is 6.12. The van der Waals surface area contributed by atoms with Gasteiger partial charge in [-0.1, -0.05) is 6.42 Å². The molecule has 182 valence electrons. The number of ether oxygens (including phenoxy) is 2. The smallest absolute Gasteiger partial charge is 0.247 e. The van der Waals surface area contributed by atoms with Crippen LogP contribution < -0.4 is 19.7 Å². The van der Waals surface area contributed by atoms with Gasteiger partial charge in [0.2, 0.25) is 21.8 Å². The zero-order chi connectivity index (χ0) is 24.5. The maximum atomic E-state index is 13.2. The summed E-state index contributed by atoms with van der Waals surface area (Å²) in [6.07, 6.45) is 2.93. The lowest BCUT2D eigenvalue weighted by Gasteiger charge is -2.26. The van der Waals surface area contributed by atoms with Gasteiger partial charge in [0.05, 0.1) is 19.1 Å². The second-order valence-corrected chi connectivity index (χ2v) is 10.4. The Bertz CT molecular complexity index is 1180. The van der Waals surface area contributed by atoms with Crippen molar-refractivity contribution in [3.05, 3.63) is 42.0 Å². The number of carbonyl (C=O) groups is 2. The van der Waals surface area contributed by atoms with Gasteiger partial charge in [0, 0.05) is 56.0 Å². The number of fused-ring (bicyclic) bond motifs is 1. The van der Waals surface area contributed by atoms with Crippen LogP contribution in [0.25, 0.3) is 0 Å². The number of amides is 2. The molecule has 9 nitrogen and oxygen atoms in total. The number of hydrogen-bond acceptors (Lipinski definition) is 6. The van der Waals surface area contributed by atoms with E-state index in [4.69, 9.17) is 9.47 Å². The largest absolute Gasteiger partial charge is 0.497 e. The van der Waals surface area contributed by atoms with Crippen molar-refractivity contribution in [3.8, 4) is 11.5 Å². The molecule has 2 aromatic rings.